The van der Waals surface area contributed by atoms with Crippen molar-refractivity contribution < 1.29 is 4.52 Å². The third-order valence-corrected chi connectivity index (χ3v) is 3.03. The quantitative estimate of drug-likeness (QED) is 0.585. The monoisotopic (exact) mass is 280 g/mol. The molecule has 1 atom stereocenters. The fraction of sp³-hybridized carbons (Fsp3) is 0. The van der Waals surface area contributed by atoms with Crippen LogP contribution in [0.1, 0.15) is 0 Å². The highest BCUT2D eigenvalue weighted by atomic mass is 31.0. The van der Waals surface area contributed by atoms with Crippen LogP contribution in [0, 0.1) is 0 Å². The molecule has 0 saturated carbocycles. The van der Waals surface area contributed by atoms with Crippen LogP contribution in [0.4, 0.5) is 0 Å². The zero-order valence-corrected chi connectivity index (χ0v) is 12.3. The Hall–Kier alpha value is -2.11. The smallest absolute Gasteiger partial charge is 0.122 e. The highest BCUT2D eigenvalue weighted by Gasteiger charge is 1.91. The molecule has 0 fully saturated rings. The maximum Gasteiger partial charge on any atom is 0.122 e. The number of para-hydroxylation sites is 1. The Morgan fingerprint density at radius 1 is 0.500 bits per heavy atom. The third kappa shape index (κ3) is 4.53. The average molecular weight is 280 g/mol. The molecule has 0 spiro atoms. The second kappa shape index (κ2) is 8.14. The minimum absolute atomic E-state index is 0.873. The molecule has 0 amide bonds. The van der Waals surface area contributed by atoms with Gasteiger partial charge in [0.2, 0.25) is 0 Å². The van der Waals surface area contributed by atoms with Gasteiger partial charge in [-0.1, -0.05) is 78.9 Å². The van der Waals surface area contributed by atoms with Crippen LogP contribution in [0.2, 0.25) is 0 Å². The Balaban J connectivity index is 0.000000160. The van der Waals surface area contributed by atoms with E-state index >= 15 is 0 Å². The zero-order chi connectivity index (χ0) is 14.0. The summed E-state index contributed by atoms with van der Waals surface area (Å²) in [5, 5.41) is 0. The largest absolute Gasteiger partial charge is 0.480 e. The van der Waals surface area contributed by atoms with Crippen LogP contribution in [-0.2, 0) is 0 Å². The summed E-state index contributed by atoms with van der Waals surface area (Å²) >= 11 is 0. The van der Waals surface area contributed by atoms with Gasteiger partial charge >= 0.3 is 0 Å². The van der Waals surface area contributed by atoms with Gasteiger partial charge < -0.3 is 4.52 Å². The van der Waals surface area contributed by atoms with Gasteiger partial charge in [0.05, 0.1) is 9.47 Å². The minimum Gasteiger partial charge on any atom is -0.480 e. The van der Waals surface area contributed by atoms with Gasteiger partial charge in [-0.25, -0.2) is 0 Å². The first kappa shape index (κ1) is 14.3. The van der Waals surface area contributed by atoms with Crippen molar-refractivity contribution in [3.8, 4) is 16.9 Å². The first-order chi connectivity index (χ1) is 9.90. The predicted molar refractivity (Wildman–Crippen MR) is 88.7 cm³/mol. The zero-order valence-electron chi connectivity index (χ0n) is 11.1. The molecule has 0 saturated heterocycles. The van der Waals surface area contributed by atoms with Gasteiger partial charge in [-0.2, -0.15) is 0 Å². The minimum atomic E-state index is 0.873. The first-order valence-electron chi connectivity index (χ1n) is 6.42. The van der Waals surface area contributed by atoms with Crippen LogP contribution in [0.15, 0.2) is 91.0 Å². The molecule has 3 rings (SSSR count). The van der Waals surface area contributed by atoms with Gasteiger partial charge in [-0.05, 0) is 23.3 Å². The van der Waals surface area contributed by atoms with Crippen molar-refractivity contribution in [1.82, 2.24) is 0 Å². The summed E-state index contributed by atoms with van der Waals surface area (Å²) in [5.41, 5.74) is 2.55. The molecule has 20 heavy (non-hydrogen) atoms. The van der Waals surface area contributed by atoms with Crippen LogP contribution >= 0.6 is 9.47 Å². The number of benzene rings is 3. The summed E-state index contributed by atoms with van der Waals surface area (Å²) < 4.78 is 4.83. The van der Waals surface area contributed by atoms with E-state index < -0.39 is 0 Å². The van der Waals surface area contributed by atoms with Gasteiger partial charge in [0, 0.05) is 0 Å². The number of hydrogen-bond acceptors (Lipinski definition) is 1. The normalized spacial score (nSPS) is 9.25. The van der Waals surface area contributed by atoms with E-state index in [2.05, 4.69) is 58.0 Å². The summed E-state index contributed by atoms with van der Waals surface area (Å²) in [6.07, 6.45) is 0. The summed E-state index contributed by atoms with van der Waals surface area (Å²) in [6, 6.07) is 30.4. The molecule has 3 aromatic rings. The molecule has 0 aliphatic rings. The topological polar surface area (TPSA) is 9.23 Å². The molecule has 3 aromatic carbocycles. The van der Waals surface area contributed by atoms with Gasteiger partial charge in [-0.3, -0.25) is 0 Å². The summed E-state index contributed by atoms with van der Waals surface area (Å²) in [4.78, 5) is 0. The maximum absolute atomic E-state index is 4.83. The van der Waals surface area contributed by atoms with Gasteiger partial charge in [0.25, 0.3) is 0 Å². The molecule has 100 valence electrons. The van der Waals surface area contributed by atoms with Crippen LogP contribution in [0.5, 0.6) is 5.75 Å². The molecule has 0 aromatic heterocycles. The van der Waals surface area contributed by atoms with E-state index in [9.17, 15) is 0 Å². The van der Waals surface area contributed by atoms with Crippen molar-refractivity contribution in [2.75, 3.05) is 0 Å². The molecule has 0 heterocycles. The molecule has 2 heteroatoms. The van der Waals surface area contributed by atoms with Crippen molar-refractivity contribution >= 4 is 9.47 Å². The van der Waals surface area contributed by atoms with E-state index in [-0.39, 0.29) is 0 Å². The Bertz CT molecular complexity index is 557. The van der Waals surface area contributed by atoms with Crippen molar-refractivity contribution in [3.63, 3.8) is 0 Å². The van der Waals surface area contributed by atoms with Crippen molar-refractivity contribution in [2.24, 2.45) is 0 Å². The lowest BCUT2D eigenvalue weighted by Crippen LogP contribution is -1.73. The summed E-state index contributed by atoms with van der Waals surface area (Å²) in [7, 11) is 2.19. The average Bonchev–Trinajstić information content (AvgIpc) is 2.58. The van der Waals surface area contributed by atoms with Crippen molar-refractivity contribution in [3.05, 3.63) is 91.0 Å². The first-order valence-corrected chi connectivity index (χ1v) is 6.89. The van der Waals surface area contributed by atoms with Crippen LogP contribution in [0.25, 0.3) is 11.1 Å². The molecular formula is C18H17OP. The third-order valence-electron chi connectivity index (χ3n) is 2.76. The Morgan fingerprint density at radius 2 is 0.850 bits per heavy atom. The van der Waals surface area contributed by atoms with Crippen LogP contribution in [0.3, 0.4) is 0 Å². The Morgan fingerprint density at radius 3 is 1.15 bits per heavy atom. The van der Waals surface area contributed by atoms with Gasteiger partial charge in [-0.15, -0.1) is 0 Å². The fourth-order valence-corrected chi connectivity index (χ4v) is 1.92. The van der Waals surface area contributed by atoms with E-state index in [1.165, 1.54) is 11.1 Å². The Labute approximate surface area is 122 Å². The fourth-order valence-electron chi connectivity index (χ4n) is 1.76. The van der Waals surface area contributed by atoms with Crippen molar-refractivity contribution in [2.45, 2.75) is 0 Å². The SMILES string of the molecule is POc1ccccc1.c1ccc(-c2ccccc2)cc1. The maximum atomic E-state index is 4.83. The second-order valence-corrected chi connectivity index (χ2v) is 4.40. The highest BCUT2D eigenvalue weighted by molar-refractivity contribution is 7.10. The summed E-state index contributed by atoms with van der Waals surface area (Å²) in [6.45, 7) is 0. The molecule has 1 nitrogen and oxygen atoms in total. The van der Waals surface area contributed by atoms with E-state index in [1.54, 1.807) is 0 Å². The van der Waals surface area contributed by atoms with Crippen molar-refractivity contribution in [1.29, 1.82) is 0 Å². The van der Waals surface area contributed by atoms with E-state index in [4.69, 9.17) is 4.52 Å². The van der Waals surface area contributed by atoms with Gasteiger partial charge in [0.15, 0.2) is 0 Å². The molecular weight excluding hydrogens is 263 g/mol. The van der Waals surface area contributed by atoms with E-state index in [0.29, 0.717) is 0 Å². The summed E-state index contributed by atoms with van der Waals surface area (Å²) in [5.74, 6) is 0.873. The Kier molecular flexibility index (Phi) is 5.82. The highest BCUT2D eigenvalue weighted by Crippen LogP contribution is 2.17. The predicted octanol–water partition coefficient (Wildman–Crippen LogP) is 5.21. The number of hydrogen-bond donors (Lipinski definition) is 0. The molecule has 0 aliphatic carbocycles. The number of rotatable bonds is 2. The molecule has 0 radical (unpaired) electrons. The van der Waals surface area contributed by atoms with Crippen LogP contribution in [-0.4, -0.2) is 0 Å². The van der Waals surface area contributed by atoms with Gasteiger partial charge in [0.1, 0.15) is 5.75 Å². The molecule has 0 N–H and O–H groups in total. The lowest BCUT2D eigenvalue weighted by Gasteiger charge is -1.98. The second-order valence-electron chi connectivity index (χ2n) is 4.16. The molecule has 0 aliphatic heterocycles. The standard InChI is InChI=1S/C12H10.C6H7OP/c1-3-7-11(8-4-1)12-9-5-2-6-10-12;8-7-6-4-2-1-3-5-6/h1-10H;1-5H,8H2. The van der Waals surface area contributed by atoms with E-state index in [0.717, 1.165) is 5.75 Å². The molecule has 1 unspecified atom stereocenters. The lowest BCUT2D eigenvalue weighted by molar-refractivity contribution is 0.646. The molecule has 0 bridgehead atoms. The lowest BCUT2D eigenvalue weighted by atomic mass is 10.1. The van der Waals surface area contributed by atoms with Crippen LogP contribution < -0.4 is 4.52 Å². The van der Waals surface area contributed by atoms with E-state index in [1.807, 2.05) is 42.5 Å².